The first kappa shape index (κ1) is 23.4. The lowest BCUT2D eigenvalue weighted by Gasteiger charge is -2.39. The lowest BCUT2D eigenvalue weighted by Crippen LogP contribution is -2.60. The van der Waals surface area contributed by atoms with Gasteiger partial charge in [-0.1, -0.05) is 6.07 Å². The zero-order valence-corrected chi connectivity index (χ0v) is 16.2. The number of ether oxygens (including phenoxy) is 2. The summed E-state index contributed by atoms with van der Waals surface area (Å²) in [6.45, 7) is 0.170. The molecule has 1 aromatic heterocycles. The van der Waals surface area contributed by atoms with E-state index >= 15 is 0 Å². The van der Waals surface area contributed by atoms with Crippen LogP contribution >= 0.6 is 0 Å². The smallest absolute Gasteiger partial charge is 0.416 e. The summed E-state index contributed by atoms with van der Waals surface area (Å²) < 4.78 is 52.8. The second kappa shape index (κ2) is 8.68. The third-order valence-corrected chi connectivity index (χ3v) is 4.91. The average Bonchev–Trinajstić information content (AvgIpc) is 3.20. The first-order valence-corrected chi connectivity index (χ1v) is 9.17. The number of hydrogen-bond donors (Lipinski definition) is 5. The molecule has 0 saturated carbocycles. The van der Waals surface area contributed by atoms with Crippen molar-refractivity contribution in [3.05, 3.63) is 42.0 Å². The molecule has 172 valence electrons. The quantitative estimate of drug-likeness (QED) is 0.389. The van der Waals surface area contributed by atoms with Crippen LogP contribution in [0.25, 0.3) is 0 Å². The van der Waals surface area contributed by atoms with Crippen molar-refractivity contribution in [3.8, 4) is 5.75 Å². The maximum absolute atomic E-state index is 13.7. The lowest BCUT2D eigenvalue weighted by atomic mass is 9.90. The van der Waals surface area contributed by atoms with E-state index in [0.717, 1.165) is 12.1 Å². The van der Waals surface area contributed by atoms with Crippen LogP contribution in [-0.2, 0) is 23.1 Å². The molecule has 2 aromatic rings. The highest BCUT2D eigenvalue weighted by Gasteiger charge is 2.45. The Balaban J connectivity index is 1.90. The zero-order chi connectivity index (χ0) is 23.0. The fraction of sp³-hybridized carbons (Fsp3) is 0.556. The van der Waals surface area contributed by atoms with Crippen molar-refractivity contribution < 1.29 is 48.2 Å². The number of nitrogens with zero attached hydrogens (tertiary/aromatic N) is 3. The Labute approximate surface area is 174 Å². The summed E-state index contributed by atoms with van der Waals surface area (Å²) in [6, 6.07) is 2.76. The molecule has 0 bridgehead atoms. The van der Waals surface area contributed by atoms with Crippen LogP contribution in [0.15, 0.2) is 30.9 Å². The predicted molar refractivity (Wildman–Crippen MR) is 95.4 cm³/mol. The van der Waals surface area contributed by atoms with Crippen LogP contribution in [0.2, 0.25) is 0 Å². The highest BCUT2D eigenvalue weighted by atomic mass is 19.4. The third kappa shape index (κ3) is 4.97. The summed E-state index contributed by atoms with van der Waals surface area (Å²) in [6.07, 6.45) is -10.6. The van der Waals surface area contributed by atoms with Crippen molar-refractivity contribution in [1.29, 1.82) is 0 Å². The first-order chi connectivity index (χ1) is 14.4. The van der Waals surface area contributed by atoms with Gasteiger partial charge in [0.15, 0.2) is 0 Å². The highest BCUT2D eigenvalue weighted by Crippen LogP contribution is 2.40. The lowest BCUT2D eigenvalue weighted by molar-refractivity contribution is -0.277. The van der Waals surface area contributed by atoms with Crippen molar-refractivity contribution in [2.75, 3.05) is 6.61 Å². The summed E-state index contributed by atoms with van der Waals surface area (Å²) in [5, 5.41) is 53.3. The van der Waals surface area contributed by atoms with Gasteiger partial charge in [-0.25, -0.2) is 9.67 Å². The molecule has 1 aliphatic rings. The van der Waals surface area contributed by atoms with Gasteiger partial charge in [0, 0.05) is 0 Å². The zero-order valence-electron chi connectivity index (χ0n) is 16.2. The molecule has 13 heteroatoms. The van der Waals surface area contributed by atoms with Crippen LogP contribution in [0.3, 0.4) is 0 Å². The maximum atomic E-state index is 13.7. The molecule has 31 heavy (non-hydrogen) atoms. The first-order valence-electron chi connectivity index (χ1n) is 9.17. The number of aliphatic hydroxyl groups is 5. The molecule has 10 nitrogen and oxygen atoms in total. The molecule has 1 fully saturated rings. The Bertz CT molecular complexity index is 877. The van der Waals surface area contributed by atoms with Gasteiger partial charge in [0.1, 0.15) is 48.4 Å². The summed E-state index contributed by atoms with van der Waals surface area (Å²) in [7, 11) is 0. The number of rotatable bonds is 6. The molecule has 1 unspecified atom stereocenters. The maximum Gasteiger partial charge on any atom is 0.416 e. The van der Waals surface area contributed by atoms with Crippen molar-refractivity contribution in [3.63, 3.8) is 0 Å². The van der Waals surface area contributed by atoms with Crippen molar-refractivity contribution in [2.45, 2.75) is 56.0 Å². The second-order valence-corrected chi connectivity index (χ2v) is 7.39. The van der Waals surface area contributed by atoms with E-state index in [-0.39, 0.29) is 12.3 Å². The highest BCUT2D eigenvalue weighted by molar-refractivity contribution is 5.40. The minimum Gasteiger partial charge on any atom is -0.462 e. The van der Waals surface area contributed by atoms with Gasteiger partial charge in [-0.15, -0.1) is 0 Å². The molecule has 1 aromatic carbocycles. The molecule has 1 aliphatic heterocycles. The summed E-state index contributed by atoms with van der Waals surface area (Å²) >= 11 is 0. The van der Waals surface area contributed by atoms with Crippen LogP contribution in [0.1, 0.15) is 18.1 Å². The number of hydrogen-bond acceptors (Lipinski definition) is 9. The number of aliphatic hydroxyl groups excluding tert-OH is 4. The van der Waals surface area contributed by atoms with Gasteiger partial charge in [0.2, 0.25) is 6.29 Å². The molecule has 0 aliphatic carbocycles. The Morgan fingerprint density at radius 3 is 2.42 bits per heavy atom. The summed E-state index contributed by atoms with van der Waals surface area (Å²) in [5.41, 5.74) is -3.61. The molecule has 0 spiro atoms. The molecular formula is C18H22F3N3O7. The molecular weight excluding hydrogens is 427 g/mol. The molecule has 1 saturated heterocycles. The van der Waals surface area contributed by atoms with Gasteiger partial charge in [-0.05, 0) is 24.6 Å². The van der Waals surface area contributed by atoms with Gasteiger partial charge in [-0.3, -0.25) is 0 Å². The van der Waals surface area contributed by atoms with E-state index in [1.54, 1.807) is 0 Å². The summed E-state index contributed by atoms with van der Waals surface area (Å²) in [4.78, 5) is 3.69. The SMILES string of the molecule is CC(O)(Cn1cncn1)c1ccc(O[C@H]2O[C@H](CO)[C@@H](O)[C@H](O)[C@H]2O)cc1C(F)(F)F. The van der Waals surface area contributed by atoms with Gasteiger partial charge in [0.25, 0.3) is 0 Å². The van der Waals surface area contributed by atoms with E-state index in [1.807, 2.05) is 0 Å². The molecule has 0 amide bonds. The average molecular weight is 449 g/mol. The minimum atomic E-state index is -4.86. The van der Waals surface area contributed by atoms with E-state index in [9.17, 15) is 38.7 Å². The van der Waals surface area contributed by atoms with Crippen molar-refractivity contribution >= 4 is 0 Å². The number of aromatic nitrogens is 3. The van der Waals surface area contributed by atoms with Gasteiger partial charge in [-0.2, -0.15) is 18.3 Å². The molecule has 0 radical (unpaired) electrons. The normalized spacial score (nSPS) is 28.9. The molecule has 2 heterocycles. The Morgan fingerprint density at radius 1 is 1.13 bits per heavy atom. The fourth-order valence-corrected chi connectivity index (χ4v) is 3.31. The van der Waals surface area contributed by atoms with Crippen LogP contribution in [0, 0.1) is 0 Å². The largest absolute Gasteiger partial charge is 0.462 e. The summed E-state index contributed by atoms with van der Waals surface area (Å²) in [5.74, 6) is -0.378. The standard InChI is InChI=1S/C18H22F3N3O7/c1-17(29,6-24-8-22-7-23-24)10-3-2-9(4-11(10)18(19,20)21)30-16-15(28)14(27)13(26)12(5-25)31-16/h2-4,7-8,12-16,25-29H,5-6H2,1H3/t12-,13-,14+,15-,16+,17?/m1/s1. The van der Waals surface area contributed by atoms with E-state index in [2.05, 4.69) is 10.1 Å². The van der Waals surface area contributed by atoms with Crippen LogP contribution in [-0.4, -0.2) is 77.6 Å². The van der Waals surface area contributed by atoms with Gasteiger partial charge >= 0.3 is 6.18 Å². The monoisotopic (exact) mass is 449 g/mol. The van der Waals surface area contributed by atoms with E-state index in [4.69, 9.17) is 9.47 Å². The Hall–Kier alpha value is -2.29. The van der Waals surface area contributed by atoms with Crippen LogP contribution in [0.4, 0.5) is 13.2 Å². The van der Waals surface area contributed by atoms with Crippen molar-refractivity contribution in [2.24, 2.45) is 0 Å². The fourth-order valence-electron chi connectivity index (χ4n) is 3.31. The van der Waals surface area contributed by atoms with E-state index in [1.165, 1.54) is 24.3 Å². The minimum absolute atomic E-state index is 0.303. The molecule has 3 rings (SSSR count). The van der Waals surface area contributed by atoms with E-state index in [0.29, 0.717) is 6.07 Å². The Morgan fingerprint density at radius 2 is 1.84 bits per heavy atom. The van der Waals surface area contributed by atoms with Crippen molar-refractivity contribution in [1.82, 2.24) is 14.8 Å². The number of benzene rings is 1. The number of alkyl halides is 3. The Kier molecular flexibility index (Phi) is 6.55. The van der Waals surface area contributed by atoms with E-state index < -0.39 is 60.2 Å². The van der Waals surface area contributed by atoms with Crippen LogP contribution < -0.4 is 4.74 Å². The molecule has 6 atom stereocenters. The molecule has 5 N–H and O–H groups in total. The van der Waals surface area contributed by atoms with Gasteiger partial charge in [0.05, 0.1) is 18.7 Å². The number of halogens is 3. The van der Waals surface area contributed by atoms with Crippen LogP contribution in [0.5, 0.6) is 5.75 Å². The predicted octanol–water partition coefficient (Wildman–Crippen LogP) is -0.617. The second-order valence-electron chi connectivity index (χ2n) is 7.39. The van der Waals surface area contributed by atoms with Gasteiger partial charge < -0.3 is 35.0 Å². The topological polar surface area (TPSA) is 150 Å². The third-order valence-electron chi connectivity index (χ3n) is 4.91.